The van der Waals surface area contributed by atoms with E-state index in [9.17, 15) is 4.79 Å². The number of aromatic amines is 1. The fourth-order valence-electron chi connectivity index (χ4n) is 0.628. The number of rotatable bonds is 2. The molecule has 0 aliphatic rings. The van der Waals surface area contributed by atoms with Crippen molar-refractivity contribution in [3.8, 4) is 11.9 Å². The van der Waals surface area contributed by atoms with Crippen molar-refractivity contribution in [2.24, 2.45) is 0 Å². The molecule has 1 aromatic rings. The maximum absolute atomic E-state index is 10.7. The number of H-pyrrole nitrogens is 1. The van der Waals surface area contributed by atoms with Crippen LogP contribution in [0, 0.1) is 0 Å². The molecule has 0 saturated heterocycles. The second kappa shape index (κ2) is 5.18. The molecule has 0 unspecified atom stereocenters. The van der Waals surface area contributed by atoms with Gasteiger partial charge in [0.2, 0.25) is 5.88 Å². The summed E-state index contributed by atoms with van der Waals surface area (Å²) in [4.78, 5) is 16.5. The van der Waals surface area contributed by atoms with Crippen LogP contribution >= 0.6 is 0 Å². The number of hydrogen-bond acceptors (Lipinski definition) is 4. The molecule has 0 radical (unpaired) electrons. The first-order chi connectivity index (χ1) is 5.22. The summed E-state index contributed by atoms with van der Waals surface area (Å²) in [6.45, 7) is 2.15. The number of hydrogen-bond donors (Lipinski definition) is 2. The standard InChI is InChI=1S/C6H8N2O3.Na/c1-2-11-6-7-4(9)3-5(10)8-6;/h3H,2H2,1H3,(H2,7,8,9,10);/q;+1. The first kappa shape index (κ1) is 11.5. The maximum Gasteiger partial charge on any atom is 1.00 e. The Morgan fingerprint density at radius 3 is 2.92 bits per heavy atom. The molecule has 0 fully saturated rings. The summed E-state index contributed by atoms with van der Waals surface area (Å²) >= 11 is 0. The Morgan fingerprint density at radius 2 is 2.42 bits per heavy atom. The van der Waals surface area contributed by atoms with Crippen LogP contribution in [-0.4, -0.2) is 21.7 Å². The van der Waals surface area contributed by atoms with Crippen molar-refractivity contribution >= 4 is 0 Å². The fraction of sp³-hybridized carbons (Fsp3) is 0.333. The number of ether oxygens (including phenoxy) is 1. The summed E-state index contributed by atoms with van der Waals surface area (Å²) in [6.07, 6.45) is 0. The molecule has 0 aromatic carbocycles. The smallest absolute Gasteiger partial charge is 0.493 e. The Balaban J connectivity index is 0.00000121. The molecule has 1 heterocycles. The molecule has 60 valence electrons. The molecule has 0 bridgehead atoms. The van der Waals surface area contributed by atoms with E-state index in [1.807, 2.05) is 0 Å². The van der Waals surface area contributed by atoms with Gasteiger partial charge in [-0.25, -0.2) is 0 Å². The summed E-state index contributed by atoms with van der Waals surface area (Å²) in [6, 6.07) is 1.01. The molecule has 1 rings (SSSR count). The van der Waals surface area contributed by atoms with Crippen molar-refractivity contribution in [3.63, 3.8) is 0 Å². The molecular formula is C6H8N2NaO3+. The van der Waals surface area contributed by atoms with Gasteiger partial charge in [-0.2, -0.15) is 4.98 Å². The Kier molecular flexibility index (Phi) is 4.96. The zero-order valence-electron chi connectivity index (χ0n) is 7.00. The zero-order chi connectivity index (χ0) is 8.27. The average molecular weight is 179 g/mol. The zero-order valence-corrected chi connectivity index (χ0v) is 9.00. The van der Waals surface area contributed by atoms with Crippen LogP contribution in [0.5, 0.6) is 11.9 Å². The largest absolute Gasteiger partial charge is 1.00 e. The van der Waals surface area contributed by atoms with E-state index in [1.54, 1.807) is 6.92 Å². The topological polar surface area (TPSA) is 75.2 Å². The third kappa shape index (κ3) is 3.25. The van der Waals surface area contributed by atoms with Gasteiger partial charge in [0.15, 0.2) is 0 Å². The minimum Gasteiger partial charge on any atom is -0.493 e. The SMILES string of the molecule is CCOc1nc(O)cc(=O)[nH]1.[Na+]. The van der Waals surface area contributed by atoms with Gasteiger partial charge in [-0.05, 0) is 6.92 Å². The van der Waals surface area contributed by atoms with Crippen molar-refractivity contribution in [1.29, 1.82) is 0 Å². The number of nitrogens with zero attached hydrogens (tertiary/aromatic N) is 1. The van der Waals surface area contributed by atoms with Gasteiger partial charge in [0.25, 0.3) is 11.6 Å². The monoisotopic (exact) mass is 179 g/mol. The maximum atomic E-state index is 10.7. The van der Waals surface area contributed by atoms with Gasteiger partial charge in [-0.3, -0.25) is 9.78 Å². The molecule has 0 aliphatic carbocycles. The Hall–Kier alpha value is -0.520. The summed E-state index contributed by atoms with van der Waals surface area (Å²) in [5.74, 6) is -0.336. The summed E-state index contributed by atoms with van der Waals surface area (Å²) < 4.78 is 4.84. The summed E-state index contributed by atoms with van der Waals surface area (Å²) in [5, 5.41) is 8.81. The van der Waals surface area contributed by atoms with Crippen LogP contribution < -0.4 is 39.9 Å². The Morgan fingerprint density at radius 1 is 1.75 bits per heavy atom. The van der Waals surface area contributed by atoms with E-state index in [2.05, 4.69) is 9.97 Å². The van der Waals surface area contributed by atoms with Gasteiger partial charge in [0, 0.05) is 0 Å². The summed E-state index contributed by atoms with van der Waals surface area (Å²) in [7, 11) is 0. The molecule has 0 amide bonds. The molecule has 5 nitrogen and oxygen atoms in total. The molecular weight excluding hydrogens is 171 g/mol. The average Bonchev–Trinajstić information content (AvgIpc) is 1.85. The third-order valence-electron chi connectivity index (χ3n) is 0.987. The molecule has 6 heteroatoms. The van der Waals surface area contributed by atoms with Crippen LogP contribution in [0.15, 0.2) is 10.9 Å². The Labute approximate surface area is 91.1 Å². The fourth-order valence-corrected chi connectivity index (χ4v) is 0.628. The number of aromatic hydroxyl groups is 1. The van der Waals surface area contributed by atoms with Crippen molar-refractivity contribution in [1.82, 2.24) is 9.97 Å². The van der Waals surface area contributed by atoms with E-state index < -0.39 is 5.56 Å². The molecule has 0 atom stereocenters. The second-order valence-electron chi connectivity index (χ2n) is 1.84. The van der Waals surface area contributed by atoms with Crippen molar-refractivity contribution in [2.75, 3.05) is 6.61 Å². The quantitative estimate of drug-likeness (QED) is 0.471. The van der Waals surface area contributed by atoms with Crippen LogP contribution in [0.25, 0.3) is 0 Å². The normalized spacial score (nSPS) is 8.75. The first-order valence-corrected chi connectivity index (χ1v) is 3.15. The Bertz CT molecular complexity index is 299. The minimum atomic E-state index is -0.430. The van der Waals surface area contributed by atoms with Gasteiger partial charge >= 0.3 is 29.6 Å². The van der Waals surface area contributed by atoms with Crippen LogP contribution in [0.3, 0.4) is 0 Å². The number of nitrogens with one attached hydrogen (secondary N) is 1. The van der Waals surface area contributed by atoms with Gasteiger partial charge in [0.1, 0.15) is 0 Å². The van der Waals surface area contributed by atoms with E-state index in [4.69, 9.17) is 9.84 Å². The predicted molar refractivity (Wildman–Crippen MR) is 37.7 cm³/mol. The number of aromatic nitrogens is 2. The third-order valence-corrected chi connectivity index (χ3v) is 0.987. The van der Waals surface area contributed by atoms with E-state index in [0.717, 1.165) is 6.07 Å². The van der Waals surface area contributed by atoms with E-state index >= 15 is 0 Å². The summed E-state index contributed by atoms with van der Waals surface area (Å²) in [5.41, 5.74) is -0.430. The molecule has 0 aliphatic heterocycles. The van der Waals surface area contributed by atoms with E-state index in [-0.39, 0.29) is 41.4 Å². The van der Waals surface area contributed by atoms with Gasteiger partial charge in [0.05, 0.1) is 12.7 Å². The molecule has 0 spiro atoms. The van der Waals surface area contributed by atoms with Crippen LogP contribution in [0.4, 0.5) is 0 Å². The molecule has 1 aromatic heterocycles. The predicted octanol–water partition coefficient (Wildman–Crippen LogP) is -3.12. The first-order valence-electron chi connectivity index (χ1n) is 3.15. The van der Waals surface area contributed by atoms with Crippen LogP contribution in [0.2, 0.25) is 0 Å². The van der Waals surface area contributed by atoms with Crippen molar-refractivity contribution in [2.45, 2.75) is 6.92 Å². The molecule has 0 saturated carbocycles. The van der Waals surface area contributed by atoms with Crippen molar-refractivity contribution in [3.05, 3.63) is 16.4 Å². The van der Waals surface area contributed by atoms with E-state index in [0.29, 0.717) is 6.61 Å². The van der Waals surface area contributed by atoms with Crippen LogP contribution in [0.1, 0.15) is 6.92 Å². The molecule has 2 N–H and O–H groups in total. The second-order valence-corrected chi connectivity index (χ2v) is 1.84. The van der Waals surface area contributed by atoms with Crippen molar-refractivity contribution < 1.29 is 39.4 Å². The van der Waals surface area contributed by atoms with Crippen LogP contribution in [-0.2, 0) is 0 Å². The van der Waals surface area contributed by atoms with Gasteiger partial charge < -0.3 is 9.84 Å². The van der Waals surface area contributed by atoms with Gasteiger partial charge in [-0.15, -0.1) is 0 Å². The van der Waals surface area contributed by atoms with Gasteiger partial charge in [-0.1, -0.05) is 0 Å². The minimum absolute atomic E-state index is 0. The molecule has 12 heavy (non-hydrogen) atoms. The van der Waals surface area contributed by atoms with E-state index in [1.165, 1.54) is 0 Å².